The summed E-state index contributed by atoms with van der Waals surface area (Å²) >= 11 is 0. The van der Waals surface area contributed by atoms with E-state index in [1.54, 1.807) is 25.5 Å². The quantitative estimate of drug-likeness (QED) is 0.249. The topological polar surface area (TPSA) is 166 Å². The molecule has 1 fully saturated rings. The molecule has 1 aliphatic rings. The standard InChI is InChI=1S/C24H25N7O6/c1-25-21-16-22(31(12-27-16)24-18(33)17(32)19(37-24)23(34)30-35-2)29-20(28-21)14-8-15(10-26-9-14)36-11-13-6-4-3-5-7-13/h3-10,12,17-19,24,32-33H,11H2,1-2H3,(H,30,34)(H,25,28,29). The molecule has 0 saturated carbocycles. The van der Waals surface area contributed by atoms with E-state index in [2.05, 4.69) is 35.6 Å². The summed E-state index contributed by atoms with van der Waals surface area (Å²) < 4.78 is 13.0. The highest BCUT2D eigenvalue weighted by molar-refractivity contribution is 5.85. The third-order valence-electron chi connectivity index (χ3n) is 5.85. The third-order valence-corrected chi connectivity index (χ3v) is 5.85. The molecule has 13 nitrogen and oxygen atoms in total. The predicted octanol–water partition coefficient (Wildman–Crippen LogP) is 0.806. The van der Waals surface area contributed by atoms with Crippen LogP contribution in [-0.4, -0.2) is 73.1 Å². The largest absolute Gasteiger partial charge is 0.487 e. The van der Waals surface area contributed by atoms with Crippen molar-refractivity contribution >= 4 is 22.9 Å². The van der Waals surface area contributed by atoms with Crippen molar-refractivity contribution < 1.29 is 29.3 Å². The van der Waals surface area contributed by atoms with Gasteiger partial charge in [-0.25, -0.2) is 20.4 Å². The predicted molar refractivity (Wildman–Crippen MR) is 130 cm³/mol. The maximum absolute atomic E-state index is 12.2. The number of ether oxygens (including phenoxy) is 2. The number of imidazole rings is 1. The number of carbonyl (C=O) groups excluding carboxylic acids is 1. The molecule has 4 heterocycles. The molecule has 192 valence electrons. The Balaban J connectivity index is 1.47. The first-order chi connectivity index (χ1) is 18.0. The first-order valence-corrected chi connectivity index (χ1v) is 11.4. The Kier molecular flexibility index (Phi) is 6.92. The van der Waals surface area contributed by atoms with Crippen molar-refractivity contribution in [1.82, 2.24) is 30.0 Å². The number of hydrogen-bond donors (Lipinski definition) is 4. The fourth-order valence-electron chi connectivity index (χ4n) is 4.03. The molecule has 0 bridgehead atoms. The SMILES string of the molecule is CNc1nc(-c2cncc(OCc3ccccc3)c2)nc2c1ncn2C1OC(C(=O)NOC)C(O)C1O. The molecule has 4 aromatic rings. The Hall–Kier alpha value is -4.17. The Morgan fingerprint density at radius 3 is 2.73 bits per heavy atom. The molecule has 1 aromatic carbocycles. The molecule has 4 atom stereocenters. The van der Waals surface area contributed by atoms with Gasteiger partial charge in [0.15, 0.2) is 35.1 Å². The number of fused-ring (bicyclic) bond motifs is 1. The average Bonchev–Trinajstić information content (AvgIpc) is 3.48. The number of aliphatic hydroxyl groups is 2. The van der Waals surface area contributed by atoms with Crippen LogP contribution in [0.4, 0.5) is 5.82 Å². The maximum Gasteiger partial charge on any atom is 0.275 e. The lowest BCUT2D eigenvalue weighted by Crippen LogP contribution is -2.42. The minimum Gasteiger partial charge on any atom is -0.487 e. The van der Waals surface area contributed by atoms with Crippen molar-refractivity contribution in [3.05, 3.63) is 60.7 Å². The number of anilines is 1. The zero-order chi connectivity index (χ0) is 25.9. The number of rotatable bonds is 8. The minimum atomic E-state index is -1.50. The maximum atomic E-state index is 12.2. The highest BCUT2D eigenvalue weighted by atomic mass is 16.6. The van der Waals surface area contributed by atoms with Crippen LogP contribution in [0.2, 0.25) is 0 Å². The number of nitrogens with zero attached hydrogens (tertiary/aromatic N) is 5. The summed E-state index contributed by atoms with van der Waals surface area (Å²) in [5, 5.41) is 24.0. The third kappa shape index (κ3) is 4.80. The van der Waals surface area contributed by atoms with Gasteiger partial charge in [0, 0.05) is 18.8 Å². The van der Waals surface area contributed by atoms with Crippen molar-refractivity contribution in [1.29, 1.82) is 0 Å². The monoisotopic (exact) mass is 507 g/mol. The van der Waals surface area contributed by atoms with Crippen molar-refractivity contribution in [2.24, 2.45) is 0 Å². The number of benzene rings is 1. The number of carbonyl (C=O) groups is 1. The summed E-state index contributed by atoms with van der Waals surface area (Å²) in [6.45, 7) is 0.372. The Morgan fingerprint density at radius 2 is 1.97 bits per heavy atom. The molecule has 4 unspecified atom stereocenters. The Bertz CT molecular complexity index is 1400. The van der Waals surface area contributed by atoms with Crippen LogP contribution in [-0.2, 0) is 21.0 Å². The van der Waals surface area contributed by atoms with E-state index in [4.69, 9.17) is 9.47 Å². The van der Waals surface area contributed by atoms with Crippen LogP contribution in [0.15, 0.2) is 55.1 Å². The van der Waals surface area contributed by atoms with Gasteiger partial charge in [-0.15, -0.1) is 0 Å². The molecule has 0 radical (unpaired) electrons. The van der Waals surface area contributed by atoms with Gasteiger partial charge in [0.25, 0.3) is 5.91 Å². The van der Waals surface area contributed by atoms with Crippen molar-refractivity contribution in [2.45, 2.75) is 31.1 Å². The normalized spacial score (nSPS) is 21.2. The van der Waals surface area contributed by atoms with Crippen molar-refractivity contribution in [3.63, 3.8) is 0 Å². The minimum absolute atomic E-state index is 0.314. The van der Waals surface area contributed by atoms with Gasteiger partial charge >= 0.3 is 0 Å². The number of hydroxylamine groups is 1. The molecule has 4 N–H and O–H groups in total. The van der Waals surface area contributed by atoms with Gasteiger partial charge in [0.1, 0.15) is 24.6 Å². The molecule has 37 heavy (non-hydrogen) atoms. The number of aliphatic hydroxyl groups excluding tert-OH is 2. The van der Waals surface area contributed by atoms with Crippen LogP contribution in [0, 0.1) is 0 Å². The van der Waals surface area contributed by atoms with E-state index in [9.17, 15) is 15.0 Å². The lowest BCUT2D eigenvalue weighted by Gasteiger charge is -2.17. The van der Waals surface area contributed by atoms with Gasteiger partial charge in [0.2, 0.25) is 0 Å². The van der Waals surface area contributed by atoms with E-state index in [-0.39, 0.29) is 0 Å². The summed E-state index contributed by atoms with van der Waals surface area (Å²) in [4.78, 5) is 34.6. The zero-order valence-corrected chi connectivity index (χ0v) is 20.0. The van der Waals surface area contributed by atoms with Crippen molar-refractivity contribution in [3.8, 4) is 17.1 Å². The second-order valence-electron chi connectivity index (χ2n) is 8.25. The highest BCUT2D eigenvalue weighted by Gasteiger charge is 2.48. The van der Waals surface area contributed by atoms with E-state index in [0.717, 1.165) is 5.56 Å². The number of amides is 1. The van der Waals surface area contributed by atoms with Gasteiger partial charge in [-0.1, -0.05) is 30.3 Å². The molecule has 3 aromatic heterocycles. The van der Waals surface area contributed by atoms with E-state index in [1.807, 2.05) is 30.3 Å². The fourth-order valence-corrected chi connectivity index (χ4v) is 4.03. The number of nitrogens with one attached hydrogen (secondary N) is 2. The van der Waals surface area contributed by atoms with Crippen LogP contribution in [0.25, 0.3) is 22.6 Å². The lowest BCUT2D eigenvalue weighted by atomic mass is 10.1. The van der Waals surface area contributed by atoms with Gasteiger partial charge in [0.05, 0.1) is 19.6 Å². The second-order valence-corrected chi connectivity index (χ2v) is 8.25. The Labute approximate surface area is 211 Å². The van der Waals surface area contributed by atoms with Crippen LogP contribution in [0.3, 0.4) is 0 Å². The average molecular weight is 508 g/mol. The smallest absolute Gasteiger partial charge is 0.275 e. The Morgan fingerprint density at radius 1 is 1.16 bits per heavy atom. The molecular formula is C24H25N7O6. The molecule has 13 heteroatoms. The summed E-state index contributed by atoms with van der Waals surface area (Å²) in [6.07, 6.45) is -0.818. The molecule has 0 spiro atoms. The van der Waals surface area contributed by atoms with Crippen LogP contribution in [0.5, 0.6) is 5.75 Å². The fraction of sp³-hybridized carbons (Fsp3) is 0.292. The second kappa shape index (κ2) is 10.4. The van der Waals surface area contributed by atoms with Gasteiger partial charge in [-0.3, -0.25) is 19.2 Å². The summed E-state index contributed by atoms with van der Waals surface area (Å²) in [7, 11) is 2.95. The van der Waals surface area contributed by atoms with Crippen LogP contribution in [0.1, 0.15) is 11.8 Å². The van der Waals surface area contributed by atoms with E-state index in [0.29, 0.717) is 40.7 Å². The van der Waals surface area contributed by atoms with Gasteiger partial charge in [-0.05, 0) is 11.6 Å². The first-order valence-electron chi connectivity index (χ1n) is 11.4. The van der Waals surface area contributed by atoms with Crippen molar-refractivity contribution in [2.75, 3.05) is 19.5 Å². The van der Waals surface area contributed by atoms with Crippen LogP contribution < -0.4 is 15.5 Å². The van der Waals surface area contributed by atoms with Crippen LogP contribution >= 0.6 is 0 Å². The highest BCUT2D eigenvalue weighted by Crippen LogP contribution is 2.33. The number of hydrogen-bond acceptors (Lipinski definition) is 11. The molecule has 1 saturated heterocycles. The summed E-state index contributed by atoms with van der Waals surface area (Å²) in [6, 6.07) is 11.5. The van der Waals surface area contributed by atoms with Gasteiger partial charge in [-0.2, -0.15) is 0 Å². The molecule has 1 aliphatic heterocycles. The van der Waals surface area contributed by atoms with E-state index < -0.39 is 30.4 Å². The number of aromatic nitrogens is 5. The lowest BCUT2D eigenvalue weighted by molar-refractivity contribution is -0.148. The molecule has 1 amide bonds. The first kappa shape index (κ1) is 24.5. The van der Waals surface area contributed by atoms with E-state index in [1.165, 1.54) is 18.0 Å². The van der Waals surface area contributed by atoms with E-state index >= 15 is 0 Å². The molecular weight excluding hydrogens is 482 g/mol. The number of pyridine rings is 1. The zero-order valence-electron chi connectivity index (χ0n) is 20.0. The summed E-state index contributed by atoms with van der Waals surface area (Å²) in [5.74, 6) is 0.550. The summed E-state index contributed by atoms with van der Waals surface area (Å²) in [5.41, 5.74) is 4.42. The molecule has 5 rings (SSSR count). The van der Waals surface area contributed by atoms with Gasteiger partial charge < -0.3 is 25.0 Å². The molecule has 0 aliphatic carbocycles.